The van der Waals surface area contributed by atoms with E-state index in [1.807, 2.05) is 57.0 Å². The molecule has 23 heavy (non-hydrogen) atoms. The van der Waals surface area contributed by atoms with E-state index in [0.717, 1.165) is 11.3 Å². The Bertz CT molecular complexity index is 715. The average molecular weight is 314 g/mol. The minimum absolute atomic E-state index is 0.0121. The molecule has 0 N–H and O–H groups in total. The molecule has 0 spiro atoms. The van der Waals surface area contributed by atoms with Crippen molar-refractivity contribution in [1.29, 1.82) is 0 Å². The molecular formula is C18H22N2O3. The Kier molecular flexibility index (Phi) is 3.47. The first-order chi connectivity index (χ1) is 10.7. The molecule has 2 aliphatic heterocycles. The summed E-state index contributed by atoms with van der Waals surface area (Å²) in [7, 11) is 0. The van der Waals surface area contributed by atoms with Crippen LogP contribution in [0.15, 0.2) is 30.0 Å². The van der Waals surface area contributed by atoms with Crippen LogP contribution in [0.5, 0.6) is 0 Å². The van der Waals surface area contributed by atoms with Gasteiger partial charge in [-0.05, 0) is 33.8 Å². The molecule has 1 amide bonds. The van der Waals surface area contributed by atoms with Gasteiger partial charge in [-0.2, -0.15) is 0 Å². The number of esters is 1. The van der Waals surface area contributed by atoms with E-state index in [9.17, 15) is 9.59 Å². The first-order valence-corrected chi connectivity index (χ1v) is 7.86. The number of carbonyl (C=O) groups is 2. The lowest BCUT2D eigenvalue weighted by Gasteiger charge is -2.37. The fourth-order valence-electron chi connectivity index (χ4n) is 3.10. The van der Waals surface area contributed by atoms with Crippen molar-refractivity contribution < 1.29 is 14.3 Å². The smallest absolute Gasteiger partial charge is 0.341 e. The fourth-order valence-corrected chi connectivity index (χ4v) is 3.10. The van der Waals surface area contributed by atoms with Crippen LogP contribution in [0.3, 0.4) is 0 Å². The molecule has 1 fully saturated rings. The molecule has 5 nitrogen and oxygen atoms in total. The molecule has 1 aromatic rings. The van der Waals surface area contributed by atoms with Crippen LogP contribution in [-0.4, -0.2) is 29.0 Å². The Hall–Kier alpha value is -2.30. The summed E-state index contributed by atoms with van der Waals surface area (Å²) in [4.78, 5) is 25.2. The second-order valence-corrected chi connectivity index (χ2v) is 7.11. The summed E-state index contributed by atoms with van der Waals surface area (Å²) in [6, 6.07) is 7.65. The van der Waals surface area contributed by atoms with Crippen molar-refractivity contribution in [2.45, 2.75) is 40.2 Å². The summed E-state index contributed by atoms with van der Waals surface area (Å²) in [5.74, 6) is -0.483. The number of allylic oxidation sites excluding steroid dienone is 1. The standard InChI is InChI=1S/C18H22N2O3/c1-11-10-19-14-9-7-6-8-13(14)15(12(2)20(19)16(11)21)17(22)23-18(3,4)5/h6-9,11H,10H2,1-5H3. The molecular weight excluding hydrogens is 292 g/mol. The molecule has 5 heteroatoms. The molecule has 0 aliphatic carbocycles. The minimum atomic E-state index is -0.585. The van der Waals surface area contributed by atoms with Gasteiger partial charge in [-0.1, -0.05) is 25.1 Å². The van der Waals surface area contributed by atoms with E-state index in [1.54, 1.807) is 11.9 Å². The molecule has 1 aromatic carbocycles. The summed E-state index contributed by atoms with van der Waals surface area (Å²) >= 11 is 0. The van der Waals surface area contributed by atoms with Crippen LogP contribution in [0.4, 0.5) is 5.69 Å². The number of hydrazine groups is 1. The van der Waals surface area contributed by atoms with Gasteiger partial charge < -0.3 is 4.74 Å². The number of ether oxygens (including phenoxy) is 1. The molecule has 1 saturated heterocycles. The molecule has 2 heterocycles. The van der Waals surface area contributed by atoms with Crippen molar-refractivity contribution >= 4 is 23.1 Å². The molecule has 1 atom stereocenters. The van der Waals surface area contributed by atoms with Gasteiger partial charge in [0, 0.05) is 5.56 Å². The number of para-hydroxylation sites is 1. The van der Waals surface area contributed by atoms with Crippen molar-refractivity contribution in [3.63, 3.8) is 0 Å². The maximum absolute atomic E-state index is 12.7. The zero-order valence-corrected chi connectivity index (χ0v) is 14.2. The number of anilines is 1. The monoisotopic (exact) mass is 314 g/mol. The van der Waals surface area contributed by atoms with Gasteiger partial charge in [0.25, 0.3) is 0 Å². The van der Waals surface area contributed by atoms with Gasteiger partial charge in [0.2, 0.25) is 5.91 Å². The molecule has 0 bridgehead atoms. The highest BCUT2D eigenvalue weighted by Gasteiger charge is 2.43. The fraction of sp³-hybridized carbons (Fsp3) is 0.444. The molecule has 0 saturated carbocycles. The Labute approximate surface area is 136 Å². The lowest BCUT2D eigenvalue weighted by atomic mass is 9.99. The number of rotatable bonds is 1. The van der Waals surface area contributed by atoms with Gasteiger partial charge >= 0.3 is 5.97 Å². The summed E-state index contributed by atoms with van der Waals surface area (Å²) in [6.07, 6.45) is 0. The predicted octanol–water partition coefficient (Wildman–Crippen LogP) is 2.97. The molecule has 1 unspecified atom stereocenters. The minimum Gasteiger partial charge on any atom is -0.456 e. The number of hydrogen-bond acceptors (Lipinski definition) is 4. The van der Waals surface area contributed by atoms with Crippen LogP contribution < -0.4 is 5.01 Å². The largest absolute Gasteiger partial charge is 0.456 e. The Morgan fingerprint density at radius 2 is 1.91 bits per heavy atom. The van der Waals surface area contributed by atoms with Gasteiger partial charge in [0.15, 0.2) is 0 Å². The SMILES string of the molecule is CC1=C(C(=O)OC(C)(C)C)c2ccccc2N2CC(C)C(=O)N12. The van der Waals surface area contributed by atoms with Gasteiger partial charge in [0.1, 0.15) is 5.60 Å². The summed E-state index contributed by atoms with van der Waals surface area (Å²) in [5, 5.41) is 3.57. The molecule has 0 radical (unpaired) electrons. The quantitative estimate of drug-likeness (QED) is 0.748. The number of nitrogens with zero attached hydrogens (tertiary/aromatic N) is 2. The Morgan fingerprint density at radius 3 is 2.57 bits per heavy atom. The third-order valence-corrected chi connectivity index (χ3v) is 4.05. The molecule has 2 aliphatic rings. The van der Waals surface area contributed by atoms with Crippen LogP contribution in [0, 0.1) is 5.92 Å². The van der Waals surface area contributed by atoms with E-state index in [-0.39, 0.29) is 11.8 Å². The Balaban J connectivity index is 2.15. The van der Waals surface area contributed by atoms with E-state index in [2.05, 4.69) is 0 Å². The van der Waals surface area contributed by atoms with Crippen LogP contribution in [-0.2, 0) is 14.3 Å². The van der Waals surface area contributed by atoms with Crippen molar-refractivity contribution in [2.75, 3.05) is 11.6 Å². The molecule has 3 rings (SSSR count). The number of fused-ring (bicyclic) bond motifs is 3. The van der Waals surface area contributed by atoms with Gasteiger partial charge in [-0.3, -0.25) is 9.80 Å². The molecule has 122 valence electrons. The van der Waals surface area contributed by atoms with E-state index >= 15 is 0 Å². The summed E-state index contributed by atoms with van der Waals surface area (Å²) in [6.45, 7) is 9.84. The summed E-state index contributed by atoms with van der Waals surface area (Å²) in [5.41, 5.74) is 2.20. The van der Waals surface area contributed by atoms with Crippen LogP contribution in [0.2, 0.25) is 0 Å². The second kappa shape index (κ2) is 5.11. The van der Waals surface area contributed by atoms with Crippen LogP contribution in [0.25, 0.3) is 5.57 Å². The maximum atomic E-state index is 12.7. The third kappa shape index (κ3) is 2.50. The predicted molar refractivity (Wildman–Crippen MR) is 88.2 cm³/mol. The van der Waals surface area contributed by atoms with E-state index < -0.39 is 11.6 Å². The van der Waals surface area contributed by atoms with Gasteiger partial charge in [-0.25, -0.2) is 9.80 Å². The third-order valence-electron chi connectivity index (χ3n) is 4.05. The number of amides is 1. The zero-order valence-electron chi connectivity index (χ0n) is 14.2. The second-order valence-electron chi connectivity index (χ2n) is 7.11. The topological polar surface area (TPSA) is 49.9 Å². The van der Waals surface area contributed by atoms with E-state index in [1.165, 1.54) is 0 Å². The van der Waals surface area contributed by atoms with Crippen molar-refractivity contribution in [3.8, 4) is 0 Å². The van der Waals surface area contributed by atoms with Crippen LogP contribution in [0.1, 0.15) is 40.2 Å². The van der Waals surface area contributed by atoms with Crippen LogP contribution >= 0.6 is 0 Å². The summed E-state index contributed by atoms with van der Waals surface area (Å²) < 4.78 is 5.56. The van der Waals surface area contributed by atoms with E-state index in [4.69, 9.17) is 4.74 Å². The highest BCUT2D eigenvalue weighted by Crippen LogP contribution is 2.41. The lowest BCUT2D eigenvalue weighted by Crippen LogP contribution is -2.42. The van der Waals surface area contributed by atoms with Gasteiger partial charge in [0.05, 0.1) is 29.4 Å². The number of hydrogen-bond donors (Lipinski definition) is 0. The lowest BCUT2D eigenvalue weighted by molar-refractivity contribution is -0.147. The first-order valence-electron chi connectivity index (χ1n) is 7.86. The zero-order chi connectivity index (χ0) is 16.9. The molecule has 0 aromatic heterocycles. The average Bonchev–Trinajstić information content (AvgIpc) is 2.74. The van der Waals surface area contributed by atoms with Crippen molar-refractivity contribution in [3.05, 3.63) is 35.5 Å². The Morgan fingerprint density at radius 1 is 1.26 bits per heavy atom. The van der Waals surface area contributed by atoms with Crippen molar-refractivity contribution in [2.24, 2.45) is 5.92 Å². The first kappa shape index (κ1) is 15.6. The maximum Gasteiger partial charge on any atom is 0.341 e. The van der Waals surface area contributed by atoms with E-state index in [0.29, 0.717) is 17.8 Å². The number of benzene rings is 1. The van der Waals surface area contributed by atoms with Gasteiger partial charge in [-0.15, -0.1) is 0 Å². The highest BCUT2D eigenvalue weighted by atomic mass is 16.6. The van der Waals surface area contributed by atoms with Crippen molar-refractivity contribution in [1.82, 2.24) is 5.01 Å². The number of carbonyl (C=O) groups excluding carboxylic acids is 2. The highest BCUT2D eigenvalue weighted by molar-refractivity contribution is 6.20. The normalized spacial score (nSPS) is 20.6.